The fourth-order valence-corrected chi connectivity index (χ4v) is 4.35. The molecule has 2 heterocycles. The molecule has 2 N–H and O–H groups in total. The molecule has 1 saturated heterocycles. The van der Waals surface area contributed by atoms with E-state index in [1.54, 1.807) is 17.0 Å². The van der Waals surface area contributed by atoms with E-state index in [4.69, 9.17) is 9.32 Å². The van der Waals surface area contributed by atoms with Crippen LogP contribution in [0.3, 0.4) is 0 Å². The van der Waals surface area contributed by atoms with Gasteiger partial charge in [0.15, 0.2) is 0 Å². The van der Waals surface area contributed by atoms with E-state index in [2.05, 4.69) is 16.8 Å². The summed E-state index contributed by atoms with van der Waals surface area (Å²) in [4.78, 5) is 19.5. The number of likely N-dealkylation sites (N-methyl/N-ethyl adjacent to an activating group) is 1. The number of rotatable bonds is 4. The Balaban J connectivity index is 1.50. The summed E-state index contributed by atoms with van der Waals surface area (Å²) >= 11 is 0. The SMILES string of the molecule is CN1CCN(c2cccc(C(=O)N3CCc4ccc(OS(N)(=O)=O)cc4C3)c2)CC1. The minimum Gasteiger partial charge on any atom is -0.371 e. The fourth-order valence-electron chi connectivity index (χ4n) is 3.98. The van der Waals surface area contributed by atoms with E-state index < -0.39 is 10.3 Å². The van der Waals surface area contributed by atoms with Crippen molar-refractivity contribution < 1.29 is 17.4 Å². The van der Waals surface area contributed by atoms with Crippen molar-refractivity contribution in [2.75, 3.05) is 44.7 Å². The van der Waals surface area contributed by atoms with E-state index in [0.717, 1.165) is 43.0 Å². The number of benzene rings is 2. The Bertz CT molecular complexity index is 1050. The zero-order valence-corrected chi connectivity index (χ0v) is 17.8. The number of piperazine rings is 1. The Labute approximate surface area is 177 Å². The van der Waals surface area contributed by atoms with Crippen LogP contribution in [0.5, 0.6) is 5.75 Å². The highest BCUT2D eigenvalue weighted by molar-refractivity contribution is 7.84. The molecule has 4 rings (SSSR count). The summed E-state index contributed by atoms with van der Waals surface area (Å²) < 4.78 is 27.2. The molecule has 2 aromatic carbocycles. The Morgan fingerprint density at radius 2 is 1.77 bits per heavy atom. The van der Waals surface area contributed by atoms with E-state index >= 15 is 0 Å². The van der Waals surface area contributed by atoms with Crippen LogP contribution in [0.15, 0.2) is 42.5 Å². The molecule has 30 heavy (non-hydrogen) atoms. The summed E-state index contributed by atoms with van der Waals surface area (Å²) in [6, 6.07) is 12.8. The maximum Gasteiger partial charge on any atom is 0.380 e. The maximum atomic E-state index is 13.2. The summed E-state index contributed by atoms with van der Waals surface area (Å²) in [5.74, 6) is 0.122. The Hall–Kier alpha value is -2.62. The van der Waals surface area contributed by atoms with Crippen molar-refractivity contribution in [1.82, 2.24) is 9.80 Å². The summed E-state index contributed by atoms with van der Waals surface area (Å²) in [5, 5.41) is 4.96. The summed E-state index contributed by atoms with van der Waals surface area (Å²) in [7, 11) is -1.97. The molecular weight excluding hydrogens is 404 g/mol. The molecule has 0 atom stereocenters. The average Bonchev–Trinajstić information content (AvgIpc) is 2.72. The molecular formula is C21H26N4O4S. The van der Waals surface area contributed by atoms with Crippen molar-refractivity contribution in [3.63, 3.8) is 0 Å². The lowest BCUT2D eigenvalue weighted by atomic mass is 9.98. The van der Waals surface area contributed by atoms with Gasteiger partial charge in [0.05, 0.1) is 0 Å². The summed E-state index contributed by atoms with van der Waals surface area (Å²) in [6.45, 7) is 4.90. The molecule has 2 aliphatic heterocycles. The van der Waals surface area contributed by atoms with Crippen LogP contribution < -0.4 is 14.2 Å². The average molecular weight is 431 g/mol. The third-order valence-corrected chi connectivity index (χ3v) is 6.08. The van der Waals surface area contributed by atoms with Gasteiger partial charge in [0.25, 0.3) is 5.91 Å². The summed E-state index contributed by atoms with van der Waals surface area (Å²) in [6.07, 6.45) is 0.703. The van der Waals surface area contributed by atoms with E-state index in [-0.39, 0.29) is 11.7 Å². The molecule has 0 radical (unpaired) electrons. The molecule has 1 amide bonds. The highest BCUT2D eigenvalue weighted by Crippen LogP contribution is 2.26. The predicted octanol–water partition coefficient (Wildman–Crippen LogP) is 1.22. The van der Waals surface area contributed by atoms with Gasteiger partial charge >= 0.3 is 10.3 Å². The first-order valence-corrected chi connectivity index (χ1v) is 11.4. The van der Waals surface area contributed by atoms with Crippen LogP contribution in [0.1, 0.15) is 21.5 Å². The van der Waals surface area contributed by atoms with Gasteiger partial charge in [-0.2, -0.15) is 13.6 Å². The largest absolute Gasteiger partial charge is 0.380 e. The van der Waals surface area contributed by atoms with Crippen LogP contribution in [-0.4, -0.2) is 63.9 Å². The summed E-state index contributed by atoms with van der Waals surface area (Å²) in [5.41, 5.74) is 3.67. The zero-order chi connectivity index (χ0) is 21.3. The first kappa shape index (κ1) is 20.6. The van der Waals surface area contributed by atoms with E-state index in [0.29, 0.717) is 25.1 Å². The van der Waals surface area contributed by atoms with Crippen LogP contribution in [0.25, 0.3) is 0 Å². The Kier molecular flexibility index (Phi) is 5.68. The van der Waals surface area contributed by atoms with Gasteiger partial charge in [-0.1, -0.05) is 12.1 Å². The number of nitrogens with zero attached hydrogens (tertiary/aromatic N) is 3. The molecule has 0 aliphatic carbocycles. The van der Waals surface area contributed by atoms with E-state index in [1.165, 1.54) is 0 Å². The second-order valence-electron chi connectivity index (χ2n) is 7.82. The number of hydrogen-bond donors (Lipinski definition) is 1. The number of anilines is 1. The number of amides is 1. The van der Waals surface area contributed by atoms with Gasteiger partial charge < -0.3 is 18.9 Å². The number of hydrogen-bond acceptors (Lipinski definition) is 6. The van der Waals surface area contributed by atoms with Crippen LogP contribution >= 0.6 is 0 Å². The second kappa shape index (κ2) is 8.25. The standard InChI is InChI=1S/C21H26N4O4S/c1-23-9-11-24(12-10-23)19-4-2-3-17(13-19)21(26)25-8-7-16-5-6-20(14-18(16)15-25)29-30(22,27)28/h2-6,13-14H,7-12,15H2,1H3,(H2,22,27,28). The van der Waals surface area contributed by atoms with E-state index in [1.807, 2.05) is 30.3 Å². The smallest absolute Gasteiger partial charge is 0.371 e. The molecule has 160 valence electrons. The third-order valence-electron chi connectivity index (χ3n) is 5.65. The van der Waals surface area contributed by atoms with E-state index in [9.17, 15) is 13.2 Å². The minimum atomic E-state index is -4.08. The molecule has 0 spiro atoms. The van der Waals surface area contributed by atoms with Gasteiger partial charge in [0.1, 0.15) is 5.75 Å². The number of carbonyl (C=O) groups excluding carboxylic acids is 1. The minimum absolute atomic E-state index is 0.0330. The van der Waals surface area contributed by atoms with Gasteiger partial charge in [-0.3, -0.25) is 4.79 Å². The molecule has 0 saturated carbocycles. The van der Waals surface area contributed by atoms with Crippen LogP contribution in [0, 0.1) is 0 Å². The maximum absolute atomic E-state index is 13.2. The first-order valence-electron chi connectivity index (χ1n) is 9.95. The van der Waals surface area contributed by atoms with Crippen LogP contribution in [0.2, 0.25) is 0 Å². The van der Waals surface area contributed by atoms with Crippen molar-refractivity contribution in [2.45, 2.75) is 13.0 Å². The Morgan fingerprint density at radius 1 is 1.00 bits per heavy atom. The molecule has 1 fully saturated rings. The van der Waals surface area contributed by atoms with Gasteiger partial charge in [-0.05, 0) is 54.9 Å². The number of fused-ring (bicyclic) bond motifs is 1. The molecule has 0 bridgehead atoms. The fraction of sp³-hybridized carbons (Fsp3) is 0.381. The quantitative estimate of drug-likeness (QED) is 0.784. The monoisotopic (exact) mass is 430 g/mol. The normalized spacial score (nSPS) is 17.5. The first-order chi connectivity index (χ1) is 14.3. The van der Waals surface area contributed by atoms with Crippen LogP contribution in [-0.2, 0) is 23.3 Å². The van der Waals surface area contributed by atoms with Crippen molar-refractivity contribution >= 4 is 21.9 Å². The Morgan fingerprint density at radius 3 is 2.50 bits per heavy atom. The van der Waals surface area contributed by atoms with Crippen molar-refractivity contribution in [2.24, 2.45) is 5.14 Å². The zero-order valence-electron chi connectivity index (χ0n) is 17.0. The molecule has 9 heteroatoms. The van der Waals surface area contributed by atoms with Crippen LogP contribution in [0.4, 0.5) is 5.69 Å². The van der Waals surface area contributed by atoms with Gasteiger partial charge in [0.2, 0.25) is 0 Å². The lowest BCUT2D eigenvalue weighted by Crippen LogP contribution is -2.44. The third kappa shape index (κ3) is 4.75. The van der Waals surface area contributed by atoms with Gasteiger partial charge in [-0.25, -0.2) is 0 Å². The van der Waals surface area contributed by atoms with Crippen molar-refractivity contribution in [3.05, 3.63) is 59.2 Å². The lowest BCUT2D eigenvalue weighted by Gasteiger charge is -2.34. The van der Waals surface area contributed by atoms with Gasteiger partial charge in [-0.15, -0.1) is 0 Å². The molecule has 2 aliphatic rings. The van der Waals surface area contributed by atoms with Crippen molar-refractivity contribution in [3.8, 4) is 5.75 Å². The lowest BCUT2D eigenvalue weighted by molar-refractivity contribution is 0.0734. The van der Waals surface area contributed by atoms with Gasteiger partial charge in [0, 0.05) is 50.5 Å². The highest BCUT2D eigenvalue weighted by atomic mass is 32.2. The number of nitrogens with two attached hydrogens (primary N) is 1. The molecule has 2 aromatic rings. The number of carbonyl (C=O) groups is 1. The predicted molar refractivity (Wildman–Crippen MR) is 115 cm³/mol. The molecule has 0 aromatic heterocycles. The highest BCUT2D eigenvalue weighted by Gasteiger charge is 2.23. The molecule has 0 unspecified atom stereocenters. The second-order valence-corrected chi connectivity index (χ2v) is 8.98. The molecule has 8 nitrogen and oxygen atoms in total. The van der Waals surface area contributed by atoms with Crippen molar-refractivity contribution in [1.29, 1.82) is 0 Å². The topological polar surface area (TPSA) is 96.2 Å².